The number of allylic oxidation sites excluding steroid dienone is 2. The lowest BCUT2D eigenvalue weighted by molar-refractivity contribution is 0.241. The standard InChI is InChI=1S/C62H39NO2/c1-63-25-62-22-35-19-33-17-30-14-29-15-32-16-31-18-34-20-36(59(62)61(63)28-12-13-37(64-23-26-8-4-2-5-9-26)38(21-28)65-24-27-10-6-3-7-11-27)46-51-42(34)41(31)48-43(32)47-39(29)40(30)49-44(33)50-45(35)60(62)58(46)57-55(50)53(49)52(47)54(48)56(51)57/h2-13,15,17,19-21,31,36,41,59,61H,14,16,18,22-25H2,1H3. The van der Waals surface area contributed by atoms with E-state index < -0.39 is 0 Å². The topological polar surface area (TPSA) is 21.7 Å². The third kappa shape index (κ3) is 3.09. The molecule has 12 aromatic carbocycles. The first-order valence-electron chi connectivity index (χ1n) is 24.4. The smallest absolute Gasteiger partial charge is 0.162 e. The van der Waals surface area contributed by atoms with Gasteiger partial charge in [0.1, 0.15) is 13.2 Å². The van der Waals surface area contributed by atoms with Crippen molar-refractivity contribution in [2.45, 2.75) is 62.2 Å². The number of likely N-dealkylation sites (N-methyl/N-ethyl adjacent to an activating group) is 1. The molecule has 0 aromatic heterocycles. The Morgan fingerprint density at radius 3 is 2.09 bits per heavy atom. The van der Waals surface area contributed by atoms with Crippen LogP contribution in [0.2, 0.25) is 0 Å². The van der Waals surface area contributed by atoms with Gasteiger partial charge in [-0.25, -0.2) is 0 Å². The van der Waals surface area contributed by atoms with Crippen LogP contribution in [0.5, 0.6) is 11.5 Å². The zero-order chi connectivity index (χ0) is 41.2. The zero-order valence-corrected chi connectivity index (χ0v) is 35.9. The van der Waals surface area contributed by atoms with Gasteiger partial charge in [0.15, 0.2) is 11.5 Å². The SMILES string of the molecule is CN1CC23Cc4cc5cc6c7c8c(cc9c%10c%11c%12c%13c%14c(c%15c2c4c2c5c7c(c%12c%108)c2c%15%13)C(C=C2CC(C9)C%11C=%142)C3C1c1ccc(OCc2ccccc2)c(OCc2ccccc2)c1)C6. The fourth-order valence-electron chi connectivity index (χ4n) is 18.1. The van der Waals surface area contributed by atoms with E-state index in [1.54, 1.807) is 136 Å². The number of rotatable bonds is 7. The summed E-state index contributed by atoms with van der Waals surface area (Å²) in [4.78, 5) is 2.77. The van der Waals surface area contributed by atoms with Crippen molar-refractivity contribution in [3.63, 3.8) is 0 Å². The molecule has 1 heterocycles. The Balaban J connectivity index is 0.893. The molecular formula is C62H39NO2. The van der Waals surface area contributed by atoms with Crippen molar-refractivity contribution in [1.29, 1.82) is 0 Å². The van der Waals surface area contributed by atoms with Crippen LogP contribution in [0.15, 0.2) is 109 Å². The second-order valence-electron chi connectivity index (χ2n) is 22.1. The third-order valence-corrected chi connectivity index (χ3v) is 19.6. The number of likely N-dealkylation sites (tertiary alicyclic amines) is 1. The molecule has 2 fully saturated rings. The van der Waals surface area contributed by atoms with E-state index in [1.807, 2.05) is 0 Å². The molecule has 0 radical (unpaired) electrons. The summed E-state index contributed by atoms with van der Waals surface area (Å²) in [6.07, 6.45) is 7.54. The molecule has 12 aromatic rings. The van der Waals surface area contributed by atoms with Gasteiger partial charge in [0.2, 0.25) is 0 Å². The van der Waals surface area contributed by atoms with Gasteiger partial charge in [-0.2, -0.15) is 0 Å². The van der Waals surface area contributed by atoms with Crippen molar-refractivity contribution in [3.05, 3.63) is 170 Å². The number of benzene rings is 9. The predicted octanol–water partition coefficient (Wildman–Crippen LogP) is 12.8. The van der Waals surface area contributed by atoms with E-state index in [-0.39, 0.29) is 11.5 Å². The van der Waals surface area contributed by atoms with Crippen LogP contribution in [0.3, 0.4) is 0 Å². The summed E-state index contributed by atoms with van der Waals surface area (Å²) in [5, 5.41) is 28.0. The summed E-state index contributed by atoms with van der Waals surface area (Å²) in [5.41, 5.74) is 18.8. The second kappa shape index (κ2) is 9.78. The number of hydrogen-bond acceptors (Lipinski definition) is 3. The van der Waals surface area contributed by atoms with Crippen molar-refractivity contribution >= 4 is 91.8 Å². The minimum Gasteiger partial charge on any atom is -0.485 e. The van der Waals surface area contributed by atoms with E-state index in [0.29, 0.717) is 36.9 Å². The van der Waals surface area contributed by atoms with Crippen molar-refractivity contribution in [1.82, 2.24) is 4.90 Å². The molecule has 1 saturated carbocycles. The van der Waals surface area contributed by atoms with E-state index in [1.165, 1.54) is 23.8 Å². The molecule has 1 saturated heterocycles. The van der Waals surface area contributed by atoms with Crippen LogP contribution in [-0.2, 0) is 37.9 Å². The first-order chi connectivity index (χ1) is 32.1. The number of fused-ring (bicyclic) bond motifs is 1. The van der Waals surface area contributed by atoms with Crippen molar-refractivity contribution in [2.75, 3.05) is 13.6 Å². The van der Waals surface area contributed by atoms with E-state index in [0.717, 1.165) is 42.0 Å². The van der Waals surface area contributed by atoms with Crippen molar-refractivity contribution in [2.24, 2.45) is 11.8 Å². The van der Waals surface area contributed by atoms with Crippen molar-refractivity contribution in [3.8, 4) is 11.5 Å². The normalized spacial score (nSPS) is 26.0. The summed E-state index contributed by atoms with van der Waals surface area (Å²) >= 11 is 0. The molecule has 0 bridgehead atoms. The summed E-state index contributed by atoms with van der Waals surface area (Å²) < 4.78 is 13.5. The molecule has 304 valence electrons. The van der Waals surface area contributed by atoms with Crippen molar-refractivity contribution < 1.29 is 9.47 Å². The van der Waals surface area contributed by atoms with Gasteiger partial charge in [-0.3, -0.25) is 4.90 Å². The molecule has 0 amide bonds. The minimum absolute atomic E-state index is 0.000298. The highest BCUT2D eigenvalue weighted by Gasteiger charge is 2.63. The van der Waals surface area contributed by atoms with Gasteiger partial charge in [-0.1, -0.05) is 91.0 Å². The monoisotopic (exact) mass is 829 g/mol. The van der Waals surface area contributed by atoms with E-state index in [2.05, 4.69) is 115 Å². The molecule has 8 aliphatic rings. The maximum absolute atomic E-state index is 6.85. The van der Waals surface area contributed by atoms with E-state index in [9.17, 15) is 0 Å². The fourth-order valence-corrected chi connectivity index (χ4v) is 18.1. The zero-order valence-electron chi connectivity index (χ0n) is 35.9. The van der Waals surface area contributed by atoms with Crippen LogP contribution in [-0.4, -0.2) is 18.5 Å². The Labute approximate surface area is 373 Å². The summed E-state index contributed by atoms with van der Waals surface area (Å²) in [7, 11) is 2.45. The molecule has 20 rings (SSSR count). The number of ether oxygens (including phenoxy) is 2. The molecule has 1 aliphatic heterocycles. The quantitative estimate of drug-likeness (QED) is 0.149. The highest BCUT2D eigenvalue weighted by molar-refractivity contribution is 6.58. The average molecular weight is 830 g/mol. The lowest BCUT2D eigenvalue weighted by Crippen LogP contribution is -2.43. The maximum Gasteiger partial charge on any atom is 0.162 e. The molecule has 3 heteroatoms. The molecule has 7 aliphatic carbocycles. The molecular weight excluding hydrogens is 791 g/mol. The molecule has 1 spiro atoms. The van der Waals surface area contributed by atoms with E-state index >= 15 is 0 Å². The highest BCUT2D eigenvalue weighted by atomic mass is 16.5. The van der Waals surface area contributed by atoms with Gasteiger partial charge in [0, 0.05) is 35.8 Å². The average Bonchev–Trinajstić information content (AvgIpc) is 4.19. The Hall–Kier alpha value is -6.68. The molecule has 6 unspecified atom stereocenters. The third-order valence-electron chi connectivity index (χ3n) is 19.6. The minimum atomic E-state index is -0.000298. The Bertz CT molecular complexity index is 4370. The fraction of sp³-hybridized carbons (Fsp3) is 0.226. The van der Waals surface area contributed by atoms with Crippen LogP contribution in [0.4, 0.5) is 0 Å². The van der Waals surface area contributed by atoms with Crippen LogP contribution < -0.4 is 14.7 Å². The van der Waals surface area contributed by atoms with Gasteiger partial charge in [0.25, 0.3) is 0 Å². The maximum atomic E-state index is 6.85. The van der Waals surface area contributed by atoms with Gasteiger partial charge >= 0.3 is 0 Å². The van der Waals surface area contributed by atoms with Gasteiger partial charge < -0.3 is 9.47 Å². The summed E-state index contributed by atoms with van der Waals surface area (Å²) in [6, 6.07) is 36.4. The predicted molar refractivity (Wildman–Crippen MR) is 261 cm³/mol. The van der Waals surface area contributed by atoms with E-state index in [4.69, 9.17) is 9.47 Å². The second-order valence-corrected chi connectivity index (χ2v) is 22.1. The first-order valence-corrected chi connectivity index (χ1v) is 24.4. The van der Waals surface area contributed by atoms with Crippen LogP contribution in [0.1, 0.15) is 79.9 Å². The summed E-state index contributed by atoms with van der Waals surface area (Å²) in [6.45, 7) is 2.06. The van der Waals surface area contributed by atoms with Gasteiger partial charge in [-0.05, 0) is 209 Å². The lowest BCUT2D eigenvalue weighted by Gasteiger charge is -2.44. The Kier molecular flexibility index (Phi) is 4.82. The van der Waals surface area contributed by atoms with Crippen LogP contribution >= 0.6 is 0 Å². The largest absolute Gasteiger partial charge is 0.485 e. The molecule has 3 nitrogen and oxygen atoms in total. The highest BCUT2D eigenvalue weighted by Crippen LogP contribution is 2.73. The Morgan fingerprint density at radius 1 is 0.585 bits per heavy atom. The van der Waals surface area contributed by atoms with Crippen LogP contribution in [0, 0.1) is 11.8 Å². The number of nitrogens with zero attached hydrogens (tertiary/aromatic N) is 1. The molecule has 6 atom stereocenters. The molecule has 0 N–H and O–H groups in total. The Morgan fingerprint density at radius 2 is 1.28 bits per heavy atom. The summed E-state index contributed by atoms with van der Waals surface area (Å²) in [5.74, 6) is 3.56. The van der Waals surface area contributed by atoms with Gasteiger partial charge in [0.05, 0.1) is 0 Å². The lowest BCUT2D eigenvalue weighted by atomic mass is 9.57. The van der Waals surface area contributed by atoms with Gasteiger partial charge in [-0.15, -0.1) is 0 Å². The van der Waals surface area contributed by atoms with Crippen LogP contribution in [0.25, 0.3) is 91.8 Å². The molecule has 65 heavy (non-hydrogen) atoms. The number of hydrogen-bond donors (Lipinski definition) is 0. The first kappa shape index (κ1) is 32.1.